The van der Waals surface area contributed by atoms with E-state index >= 15 is 0 Å². The van der Waals surface area contributed by atoms with E-state index < -0.39 is 11.4 Å². The summed E-state index contributed by atoms with van der Waals surface area (Å²) in [6, 6.07) is 3.50. The number of hydrogen-bond donors (Lipinski definition) is 1. The smallest absolute Gasteiger partial charge is 0.341 e. The van der Waals surface area contributed by atoms with Crippen LogP contribution in [0.2, 0.25) is 0 Å². The zero-order valence-electron chi connectivity index (χ0n) is 13.1. The van der Waals surface area contributed by atoms with Crippen LogP contribution in [0.25, 0.3) is 11.4 Å². The second-order valence-electron chi connectivity index (χ2n) is 6.50. The fourth-order valence-electron chi connectivity index (χ4n) is 3.05. The van der Waals surface area contributed by atoms with Gasteiger partial charge in [0.15, 0.2) is 5.43 Å². The molecule has 5 heteroatoms. The molecule has 3 heterocycles. The first kappa shape index (κ1) is 14.5. The molecule has 114 valence electrons. The number of carbonyl (C=O) groups is 1. The summed E-state index contributed by atoms with van der Waals surface area (Å²) in [5.74, 6) is -1.20. The van der Waals surface area contributed by atoms with Gasteiger partial charge in [-0.25, -0.2) is 4.79 Å². The highest BCUT2D eigenvalue weighted by molar-refractivity contribution is 5.87. The summed E-state index contributed by atoms with van der Waals surface area (Å²) < 4.78 is 1.86. The van der Waals surface area contributed by atoms with E-state index in [0.717, 1.165) is 28.9 Å². The number of rotatable bonds is 1. The molecular weight excluding hydrogens is 280 g/mol. The topological polar surface area (TPSA) is 72.2 Å². The molecule has 0 atom stereocenters. The Kier molecular flexibility index (Phi) is 2.99. The molecule has 1 aliphatic rings. The lowest BCUT2D eigenvalue weighted by molar-refractivity contribution is 0.0694. The molecule has 1 N–H and O–H groups in total. The molecule has 0 unspecified atom stereocenters. The van der Waals surface area contributed by atoms with Gasteiger partial charge in [-0.05, 0) is 45.2 Å². The molecule has 5 nitrogen and oxygen atoms in total. The van der Waals surface area contributed by atoms with E-state index in [1.807, 2.05) is 32.3 Å². The van der Waals surface area contributed by atoms with Gasteiger partial charge in [-0.15, -0.1) is 0 Å². The van der Waals surface area contributed by atoms with E-state index in [4.69, 9.17) is 0 Å². The lowest BCUT2D eigenvalue weighted by atomic mass is 9.86. The second kappa shape index (κ2) is 4.53. The number of nitrogens with zero attached hydrogens (tertiary/aromatic N) is 2. The van der Waals surface area contributed by atoms with Crippen LogP contribution >= 0.6 is 0 Å². The minimum atomic E-state index is -1.20. The van der Waals surface area contributed by atoms with Gasteiger partial charge in [0.1, 0.15) is 5.56 Å². The van der Waals surface area contributed by atoms with Gasteiger partial charge >= 0.3 is 5.97 Å². The van der Waals surface area contributed by atoms with Crippen LogP contribution in [0.1, 0.15) is 41.0 Å². The summed E-state index contributed by atoms with van der Waals surface area (Å²) >= 11 is 0. The standard InChI is InChI=1S/C17H18N2O3/c1-9-5-11-7-17(3,4)19-8-12(16(21)22)14(20)6-13(19)15(11)18-10(9)2/h5-6,8H,7H2,1-4H3,(H,21,22). The predicted molar refractivity (Wildman–Crippen MR) is 83.4 cm³/mol. The Labute approximate surface area is 128 Å². The van der Waals surface area contributed by atoms with E-state index in [-0.39, 0.29) is 11.1 Å². The molecule has 0 saturated heterocycles. The summed E-state index contributed by atoms with van der Waals surface area (Å²) in [5.41, 5.74) is 3.58. The lowest BCUT2D eigenvalue weighted by Crippen LogP contribution is -2.36. The fourth-order valence-corrected chi connectivity index (χ4v) is 3.05. The highest BCUT2D eigenvalue weighted by Gasteiger charge is 2.32. The quantitative estimate of drug-likeness (QED) is 0.878. The largest absolute Gasteiger partial charge is 0.477 e. The monoisotopic (exact) mass is 298 g/mol. The maximum Gasteiger partial charge on any atom is 0.341 e. The number of pyridine rings is 2. The Bertz CT molecular complexity index is 863. The number of aryl methyl sites for hydroxylation is 2. The van der Waals surface area contributed by atoms with E-state index in [0.29, 0.717) is 5.69 Å². The van der Waals surface area contributed by atoms with Crippen LogP contribution in [-0.4, -0.2) is 20.6 Å². The number of aromatic carboxylic acids is 1. The van der Waals surface area contributed by atoms with Crippen LogP contribution in [-0.2, 0) is 12.0 Å². The third kappa shape index (κ3) is 2.04. The van der Waals surface area contributed by atoms with Gasteiger partial charge in [0.05, 0.1) is 11.4 Å². The number of hydrogen-bond acceptors (Lipinski definition) is 3. The summed E-state index contributed by atoms with van der Waals surface area (Å²) in [7, 11) is 0. The van der Waals surface area contributed by atoms with Crippen LogP contribution in [0.4, 0.5) is 0 Å². The van der Waals surface area contributed by atoms with Gasteiger partial charge in [0.2, 0.25) is 0 Å². The average molecular weight is 298 g/mol. The predicted octanol–water partition coefficient (Wildman–Crippen LogP) is 2.52. The molecule has 0 amide bonds. The van der Waals surface area contributed by atoms with Gasteiger partial charge < -0.3 is 9.67 Å². The molecule has 22 heavy (non-hydrogen) atoms. The number of carboxylic acids is 1. The van der Waals surface area contributed by atoms with Crippen molar-refractivity contribution in [2.75, 3.05) is 0 Å². The Morgan fingerprint density at radius 2 is 2.00 bits per heavy atom. The molecule has 0 spiro atoms. The molecule has 0 aliphatic carbocycles. The Morgan fingerprint density at radius 3 is 2.64 bits per heavy atom. The molecule has 3 rings (SSSR count). The molecule has 1 aliphatic heterocycles. The third-order valence-electron chi connectivity index (χ3n) is 4.34. The SMILES string of the molecule is Cc1cc2c(nc1C)-c1cc(=O)c(C(=O)O)cn1C(C)(C)C2. The zero-order chi connectivity index (χ0) is 16.2. The van der Waals surface area contributed by atoms with E-state index in [1.165, 1.54) is 12.3 Å². The van der Waals surface area contributed by atoms with Gasteiger partial charge in [-0.1, -0.05) is 6.07 Å². The van der Waals surface area contributed by atoms with Crippen LogP contribution in [0.15, 0.2) is 23.1 Å². The van der Waals surface area contributed by atoms with Gasteiger partial charge in [-0.3, -0.25) is 9.78 Å². The number of aromatic nitrogens is 2. The van der Waals surface area contributed by atoms with Crippen LogP contribution < -0.4 is 5.43 Å². The summed E-state index contributed by atoms with van der Waals surface area (Å²) in [5, 5.41) is 9.18. The molecule has 0 saturated carbocycles. The molecular formula is C17H18N2O3. The number of fused-ring (bicyclic) bond motifs is 3. The van der Waals surface area contributed by atoms with Crippen molar-refractivity contribution in [3.8, 4) is 11.4 Å². The maximum absolute atomic E-state index is 12.1. The van der Waals surface area contributed by atoms with Crippen LogP contribution in [0, 0.1) is 13.8 Å². The summed E-state index contributed by atoms with van der Waals surface area (Å²) in [4.78, 5) is 27.9. The molecule has 2 aromatic heterocycles. The highest BCUT2D eigenvalue weighted by Crippen LogP contribution is 2.36. The number of carboxylic acid groups (broad SMARTS) is 1. The molecule has 0 radical (unpaired) electrons. The van der Waals surface area contributed by atoms with Gasteiger partial charge in [0, 0.05) is 23.5 Å². The molecule has 2 aromatic rings. The zero-order valence-corrected chi connectivity index (χ0v) is 13.1. The van der Waals surface area contributed by atoms with Crippen molar-refractivity contribution >= 4 is 5.97 Å². The van der Waals surface area contributed by atoms with E-state index in [1.54, 1.807) is 0 Å². The second-order valence-corrected chi connectivity index (χ2v) is 6.50. The normalized spacial score (nSPS) is 15.1. The Balaban J connectivity index is 2.38. The van der Waals surface area contributed by atoms with Crippen molar-refractivity contribution in [1.29, 1.82) is 0 Å². The first-order chi connectivity index (χ1) is 10.2. The highest BCUT2D eigenvalue weighted by atomic mass is 16.4. The first-order valence-corrected chi connectivity index (χ1v) is 7.18. The third-order valence-corrected chi connectivity index (χ3v) is 4.34. The fraction of sp³-hybridized carbons (Fsp3) is 0.353. The Hall–Kier alpha value is -2.43. The van der Waals surface area contributed by atoms with Crippen molar-refractivity contribution in [2.45, 2.75) is 39.7 Å². The molecule has 0 aromatic carbocycles. The summed E-state index contributed by atoms with van der Waals surface area (Å²) in [6.45, 7) is 8.02. The lowest BCUT2D eigenvalue weighted by Gasteiger charge is -2.36. The van der Waals surface area contributed by atoms with E-state index in [9.17, 15) is 14.7 Å². The maximum atomic E-state index is 12.1. The summed E-state index contributed by atoms with van der Waals surface area (Å²) in [6.07, 6.45) is 2.19. The Morgan fingerprint density at radius 1 is 1.32 bits per heavy atom. The van der Waals surface area contributed by atoms with Crippen molar-refractivity contribution < 1.29 is 9.90 Å². The molecule has 0 fully saturated rings. The average Bonchev–Trinajstić information content (AvgIpc) is 2.40. The van der Waals surface area contributed by atoms with Crippen LogP contribution in [0.3, 0.4) is 0 Å². The van der Waals surface area contributed by atoms with Gasteiger partial charge in [-0.2, -0.15) is 0 Å². The van der Waals surface area contributed by atoms with Crippen molar-refractivity contribution in [2.24, 2.45) is 0 Å². The van der Waals surface area contributed by atoms with Gasteiger partial charge in [0.25, 0.3) is 0 Å². The van der Waals surface area contributed by atoms with E-state index in [2.05, 4.69) is 11.1 Å². The molecule has 0 bridgehead atoms. The first-order valence-electron chi connectivity index (χ1n) is 7.18. The minimum Gasteiger partial charge on any atom is -0.477 e. The van der Waals surface area contributed by atoms with Crippen molar-refractivity contribution in [3.05, 3.63) is 50.9 Å². The van der Waals surface area contributed by atoms with Crippen molar-refractivity contribution in [1.82, 2.24) is 9.55 Å². The van der Waals surface area contributed by atoms with Crippen LogP contribution in [0.5, 0.6) is 0 Å². The minimum absolute atomic E-state index is 0.205. The van der Waals surface area contributed by atoms with Crippen molar-refractivity contribution in [3.63, 3.8) is 0 Å².